The van der Waals surface area contributed by atoms with Crippen molar-refractivity contribution in [2.75, 3.05) is 5.32 Å². The van der Waals surface area contributed by atoms with Crippen LogP contribution >= 0.6 is 0 Å². The SMILES string of the molecule is Cc1nc(-c2nnn(C)c2CNc2nnn(CC(C)C)n2)ccc1OC1CCCC(C(=O)O)C1. The molecule has 34 heavy (non-hydrogen) atoms. The maximum Gasteiger partial charge on any atom is 0.306 e. The fourth-order valence-corrected chi connectivity index (χ4v) is 4.12. The van der Waals surface area contributed by atoms with Crippen molar-refractivity contribution >= 4 is 11.9 Å². The van der Waals surface area contributed by atoms with Gasteiger partial charge >= 0.3 is 5.97 Å². The number of tetrazole rings is 1. The molecule has 0 radical (unpaired) electrons. The van der Waals surface area contributed by atoms with Gasteiger partial charge in [-0.1, -0.05) is 24.2 Å². The molecule has 0 aliphatic heterocycles. The molecule has 3 aromatic rings. The highest BCUT2D eigenvalue weighted by molar-refractivity contribution is 5.70. The van der Waals surface area contributed by atoms with E-state index in [1.165, 1.54) is 0 Å². The third-order valence-electron chi connectivity index (χ3n) is 5.89. The number of pyridine rings is 1. The maximum absolute atomic E-state index is 11.3. The maximum atomic E-state index is 11.3. The summed E-state index contributed by atoms with van der Waals surface area (Å²) in [7, 11) is 1.82. The normalized spacial score (nSPS) is 18.3. The van der Waals surface area contributed by atoms with Crippen LogP contribution in [0.25, 0.3) is 11.4 Å². The Morgan fingerprint density at radius 3 is 2.82 bits per heavy atom. The Bertz CT molecular complexity index is 1140. The number of aryl methyl sites for hydroxylation is 2. The van der Waals surface area contributed by atoms with Crippen LogP contribution in [-0.4, -0.2) is 57.4 Å². The molecule has 0 bridgehead atoms. The first-order chi connectivity index (χ1) is 16.3. The van der Waals surface area contributed by atoms with E-state index >= 15 is 0 Å². The molecule has 3 heterocycles. The third kappa shape index (κ3) is 5.49. The second kappa shape index (κ2) is 10.1. The smallest absolute Gasteiger partial charge is 0.306 e. The van der Waals surface area contributed by atoms with Crippen LogP contribution in [0.1, 0.15) is 50.9 Å². The molecule has 2 unspecified atom stereocenters. The molecule has 2 atom stereocenters. The summed E-state index contributed by atoms with van der Waals surface area (Å²) in [6.07, 6.45) is 2.81. The number of carbonyl (C=O) groups is 1. The molecule has 1 aliphatic rings. The average molecular weight is 470 g/mol. The largest absolute Gasteiger partial charge is 0.489 e. The third-order valence-corrected chi connectivity index (χ3v) is 5.89. The minimum atomic E-state index is -0.750. The number of rotatable bonds is 9. The van der Waals surface area contributed by atoms with E-state index in [2.05, 4.69) is 44.9 Å². The van der Waals surface area contributed by atoms with Crippen LogP contribution in [0.15, 0.2) is 12.1 Å². The minimum absolute atomic E-state index is 0.117. The summed E-state index contributed by atoms with van der Waals surface area (Å²) >= 11 is 0. The summed E-state index contributed by atoms with van der Waals surface area (Å²) in [6.45, 7) is 7.17. The molecular formula is C22H31N9O3. The zero-order valence-corrected chi connectivity index (χ0v) is 20.0. The van der Waals surface area contributed by atoms with Crippen molar-refractivity contribution in [1.29, 1.82) is 0 Å². The number of carboxylic acid groups (broad SMARTS) is 1. The lowest BCUT2D eigenvalue weighted by Crippen LogP contribution is -2.29. The zero-order valence-electron chi connectivity index (χ0n) is 20.0. The predicted molar refractivity (Wildman–Crippen MR) is 123 cm³/mol. The molecule has 182 valence electrons. The molecular weight excluding hydrogens is 438 g/mol. The topological polar surface area (TPSA) is 146 Å². The van der Waals surface area contributed by atoms with Crippen molar-refractivity contribution in [2.24, 2.45) is 18.9 Å². The van der Waals surface area contributed by atoms with Crippen molar-refractivity contribution in [3.8, 4) is 17.1 Å². The van der Waals surface area contributed by atoms with Crippen LogP contribution < -0.4 is 10.1 Å². The van der Waals surface area contributed by atoms with Crippen molar-refractivity contribution < 1.29 is 14.6 Å². The van der Waals surface area contributed by atoms with E-state index in [1.54, 1.807) is 9.48 Å². The fourth-order valence-electron chi connectivity index (χ4n) is 4.12. The molecule has 1 aliphatic carbocycles. The van der Waals surface area contributed by atoms with Gasteiger partial charge in [-0.05, 0) is 55.9 Å². The van der Waals surface area contributed by atoms with Gasteiger partial charge in [0.25, 0.3) is 5.95 Å². The Morgan fingerprint density at radius 2 is 2.09 bits per heavy atom. The monoisotopic (exact) mass is 469 g/mol. The standard InChI is InChI=1S/C22H31N9O3/c1-13(2)12-31-27-22(26-29-31)23-11-18-20(25-28-30(18)4)17-8-9-19(14(3)24-17)34-16-7-5-6-15(10-16)21(32)33/h8-9,13,15-16H,5-7,10-12H2,1-4H3,(H,23,27)(H,32,33). The van der Waals surface area contributed by atoms with Crippen molar-refractivity contribution in [3.05, 3.63) is 23.5 Å². The minimum Gasteiger partial charge on any atom is -0.489 e. The van der Waals surface area contributed by atoms with E-state index in [0.717, 1.165) is 24.2 Å². The van der Waals surface area contributed by atoms with Gasteiger partial charge in [-0.15, -0.1) is 10.2 Å². The summed E-state index contributed by atoms with van der Waals surface area (Å²) in [5, 5.41) is 33.4. The summed E-state index contributed by atoms with van der Waals surface area (Å²) in [6, 6.07) is 3.72. The number of aliphatic carboxylic acids is 1. The summed E-state index contributed by atoms with van der Waals surface area (Å²) < 4.78 is 7.81. The van der Waals surface area contributed by atoms with Gasteiger partial charge in [-0.2, -0.15) is 4.80 Å². The highest BCUT2D eigenvalue weighted by atomic mass is 16.5. The van der Waals surface area contributed by atoms with E-state index in [-0.39, 0.29) is 12.0 Å². The van der Waals surface area contributed by atoms with Crippen LogP contribution in [0.3, 0.4) is 0 Å². The Balaban J connectivity index is 1.45. The van der Waals surface area contributed by atoms with E-state index in [0.29, 0.717) is 54.9 Å². The summed E-state index contributed by atoms with van der Waals surface area (Å²) in [5.41, 5.74) is 2.89. The van der Waals surface area contributed by atoms with Gasteiger partial charge in [-0.3, -0.25) is 4.79 Å². The first kappa shape index (κ1) is 23.6. The van der Waals surface area contributed by atoms with Gasteiger partial charge < -0.3 is 15.2 Å². The molecule has 3 aromatic heterocycles. The number of aromatic nitrogens is 8. The lowest BCUT2D eigenvalue weighted by molar-refractivity contribution is -0.143. The first-order valence-electron chi connectivity index (χ1n) is 11.6. The van der Waals surface area contributed by atoms with Gasteiger partial charge in [0.05, 0.1) is 42.2 Å². The molecule has 12 nitrogen and oxygen atoms in total. The number of hydrogen-bond acceptors (Lipinski definition) is 9. The Hall–Kier alpha value is -3.57. The quantitative estimate of drug-likeness (QED) is 0.479. The Morgan fingerprint density at radius 1 is 1.26 bits per heavy atom. The predicted octanol–water partition coefficient (Wildman–Crippen LogP) is 2.46. The summed E-state index contributed by atoms with van der Waals surface area (Å²) in [5.74, 6) is 0.428. The van der Waals surface area contributed by atoms with Crippen LogP contribution in [-0.2, 0) is 24.9 Å². The number of carboxylic acids is 1. The van der Waals surface area contributed by atoms with Gasteiger partial charge in [0.2, 0.25) is 0 Å². The van der Waals surface area contributed by atoms with Crippen LogP contribution in [0.4, 0.5) is 5.95 Å². The molecule has 12 heteroatoms. The zero-order chi connectivity index (χ0) is 24.2. The molecule has 1 fully saturated rings. The van der Waals surface area contributed by atoms with E-state index in [1.807, 2.05) is 26.1 Å². The van der Waals surface area contributed by atoms with Crippen molar-refractivity contribution in [1.82, 2.24) is 40.2 Å². The second-order valence-corrected chi connectivity index (χ2v) is 9.15. The number of ether oxygens (including phenoxy) is 1. The van der Waals surface area contributed by atoms with Crippen LogP contribution in [0.2, 0.25) is 0 Å². The van der Waals surface area contributed by atoms with Gasteiger partial charge in [0.1, 0.15) is 11.4 Å². The van der Waals surface area contributed by atoms with Gasteiger partial charge in [0.15, 0.2) is 0 Å². The van der Waals surface area contributed by atoms with Crippen LogP contribution in [0, 0.1) is 18.8 Å². The average Bonchev–Trinajstić information content (AvgIpc) is 3.39. The highest BCUT2D eigenvalue weighted by Gasteiger charge is 2.28. The molecule has 2 N–H and O–H groups in total. The molecule has 0 spiro atoms. The van der Waals surface area contributed by atoms with Crippen LogP contribution in [0.5, 0.6) is 5.75 Å². The van der Waals surface area contributed by atoms with Crippen molar-refractivity contribution in [3.63, 3.8) is 0 Å². The van der Waals surface area contributed by atoms with Gasteiger partial charge in [0, 0.05) is 7.05 Å². The number of nitrogens with zero attached hydrogens (tertiary/aromatic N) is 8. The van der Waals surface area contributed by atoms with Crippen molar-refractivity contribution in [2.45, 2.75) is 65.6 Å². The molecule has 0 aromatic carbocycles. The van der Waals surface area contributed by atoms with E-state index < -0.39 is 5.97 Å². The fraction of sp³-hybridized carbons (Fsp3) is 0.591. The van der Waals surface area contributed by atoms with Gasteiger partial charge in [-0.25, -0.2) is 9.67 Å². The number of hydrogen-bond donors (Lipinski definition) is 2. The Labute approximate surface area is 197 Å². The molecule has 1 saturated carbocycles. The Kier molecular flexibility index (Phi) is 7.03. The van der Waals surface area contributed by atoms with E-state index in [4.69, 9.17) is 9.72 Å². The second-order valence-electron chi connectivity index (χ2n) is 9.15. The lowest BCUT2D eigenvalue weighted by Gasteiger charge is -2.27. The first-order valence-corrected chi connectivity index (χ1v) is 11.6. The molecule has 4 rings (SSSR count). The molecule has 0 amide bonds. The number of nitrogens with one attached hydrogen (secondary N) is 1. The van der Waals surface area contributed by atoms with E-state index in [9.17, 15) is 9.90 Å². The molecule has 0 saturated heterocycles. The highest BCUT2D eigenvalue weighted by Crippen LogP contribution is 2.30. The summed E-state index contributed by atoms with van der Waals surface area (Å²) in [4.78, 5) is 17.6. The lowest BCUT2D eigenvalue weighted by atomic mass is 9.87. The number of anilines is 1.